The second-order valence-electron chi connectivity index (χ2n) is 14.6. The monoisotopic (exact) mass is 729 g/mol. The van der Waals surface area contributed by atoms with Crippen LogP contribution in [0.4, 0.5) is 0 Å². The van der Waals surface area contributed by atoms with Crippen molar-refractivity contribution in [2.24, 2.45) is 0 Å². The Morgan fingerprint density at radius 3 is 2.29 bits per heavy atom. The molecule has 0 spiro atoms. The lowest BCUT2D eigenvalue weighted by molar-refractivity contribution is -0.156. The van der Waals surface area contributed by atoms with Crippen LogP contribution in [0.25, 0.3) is 5.57 Å². The third-order valence-electron chi connectivity index (χ3n) is 8.53. The number of ether oxygens (including phenoxy) is 6. The minimum Gasteiger partial charge on any atom is -0.497 e. The molecular weight excluding hydrogens is 687 g/mol. The highest BCUT2D eigenvalue weighted by Gasteiger charge is 2.54. The van der Waals surface area contributed by atoms with Gasteiger partial charge >= 0.3 is 5.97 Å². The standard InChI is InChI=1S/C39H43NO9SSi/c1-38(2,3)49-37(41)35-34(26-13-16-28(44-4)17-14-26)36-30(18-20-33(40-36)50(42,43)29-11-9-8-10-12-29)39(35,48-24-45-21-22-51(5,6)7)27-15-19-31-32(23-27)47-25-46-31/h8-20,23H,21-22,24-25H2,1-7H3. The Morgan fingerprint density at radius 2 is 1.63 bits per heavy atom. The van der Waals surface area contributed by atoms with Crippen LogP contribution in [0, 0.1) is 0 Å². The zero-order chi connectivity index (χ0) is 36.6. The summed E-state index contributed by atoms with van der Waals surface area (Å²) in [6.07, 6.45) is 0. The maximum atomic E-state index is 14.8. The molecule has 0 N–H and O–H groups in total. The Hall–Kier alpha value is -4.49. The van der Waals surface area contributed by atoms with Crippen molar-refractivity contribution in [1.82, 2.24) is 4.98 Å². The number of methoxy groups -OCH3 is 1. The molecule has 1 aliphatic carbocycles. The maximum absolute atomic E-state index is 14.8. The first-order chi connectivity index (χ1) is 24.1. The van der Waals surface area contributed by atoms with Crippen molar-refractivity contribution >= 4 is 29.5 Å². The van der Waals surface area contributed by atoms with Crippen molar-refractivity contribution in [1.29, 1.82) is 0 Å². The third-order valence-corrected chi connectivity index (χ3v) is 11.9. The van der Waals surface area contributed by atoms with E-state index in [2.05, 4.69) is 19.6 Å². The second kappa shape index (κ2) is 13.9. The number of esters is 1. The van der Waals surface area contributed by atoms with Crippen molar-refractivity contribution in [2.45, 2.75) is 67.6 Å². The molecule has 51 heavy (non-hydrogen) atoms. The lowest BCUT2D eigenvalue weighted by atomic mass is 9.82. The van der Waals surface area contributed by atoms with E-state index in [0.717, 1.165) is 6.04 Å². The fraction of sp³-hybridized carbons (Fsp3) is 0.333. The van der Waals surface area contributed by atoms with Gasteiger partial charge in [-0.05, 0) is 80.4 Å². The summed E-state index contributed by atoms with van der Waals surface area (Å²) in [6, 6.07) is 24.6. The summed E-state index contributed by atoms with van der Waals surface area (Å²) < 4.78 is 63.9. The average Bonchev–Trinajstić information content (AvgIpc) is 3.68. The zero-order valence-corrected chi connectivity index (χ0v) is 31.8. The number of benzene rings is 3. The van der Waals surface area contributed by atoms with Crippen LogP contribution >= 0.6 is 0 Å². The first kappa shape index (κ1) is 36.3. The van der Waals surface area contributed by atoms with E-state index in [0.29, 0.717) is 46.1 Å². The van der Waals surface area contributed by atoms with Crippen LogP contribution in [0.15, 0.2) is 100 Å². The SMILES string of the molecule is COc1ccc(C2=C(C(=O)OC(C)(C)C)C(OCOCC[Si](C)(C)C)(c3ccc4c(c3)OCO4)c3ccc(S(=O)(=O)c4ccccc4)nc32)cc1. The molecule has 4 aromatic rings. The molecule has 0 amide bonds. The highest BCUT2D eigenvalue weighted by Crippen LogP contribution is 2.55. The van der Waals surface area contributed by atoms with E-state index in [1.807, 2.05) is 0 Å². The van der Waals surface area contributed by atoms with Crippen LogP contribution in [-0.2, 0) is 34.4 Å². The van der Waals surface area contributed by atoms with E-state index in [1.54, 1.807) is 94.6 Å². The smallest absolute Gasteiger partial charge is 0.338 e. The molecule has 0 saturated heterocycles. The molecule has 1 aromatic heterocycles. The number of carbonyl (C=O) groups excluding carboxylic acids is 1. The number of carbonyl (C=O) groups is 1. The first-order valence-electron chi connectivity index (χ1n) is 16.7. The molecule has 0 fully saturated rings. The first-order valence-corrected chi connectivity index (χ1v) is 21.9. The molecule has 0 bridgehead atoms. The highest BCUT2D eigenvalue weighted by atomic mass is 32.2. The van der Waals surface area contributed by atoms with Gasteiger partial charge in [0.1, 0.15) is 18.1 Å². The summed E-state index contributed by atoms with van der Waals surface area (Å²) in [5.41, 5.74) is -0.314. The van der Waals surface area contributed by atoms with E-state index in [4.69, 9.17) is 33.4 Å². The van der Waals surface area contributed by atoms with Crippen molar-refractivity contribution < 1.29 is 41.6 Å². The van der Waals surface area contributed by atoms with Crippen molar-refractivity contribution in [3.05, 3.63) is 113 Å². The van der Waals surface area contributed by atoms with E-state index in [9.17, 15) is 13.2 Å². The fourth-order valence-electron chi connectivity index (χ4n) is 6.04. The number of sulfone groups is 1. The van der Waals surface area contributed by atoms with Crippen molar-refractivity contribution in [3.63, 3.8) is 0 Å². The molecule has 0 radical (unpaired) electrons. The summed E-state index contributed by atoms with van der Waals surface area (Å²) in [4.78, 5) is 19.7. The largest absolute Gasteiger partial charge is 0.497 e. The van der Waals surface area contributed by atoms with Gasteiger partial charge in [-0.1, -0.05) is 62.1 Å². The van der Waals surface area contributed by atoms with Gasteiger partial charge < -0.3 is 28.4 Å². The molecule has 3 aromatic carbocycles. The predicted octanol–water partition coefficient (Wildman–Crippen LogP) is 7.38. The van der Waals surface area contributed by atoms with Gasteiger partial charge in [-0.3, -0.25) is 0 Å². The molecule has 1 atom stereocenters. The lowest BCUT2D eigenvalue weighted by Gasteiger charge is -2.34. The molecule has 1 unspecified atom stereocenters. The molecule has 1 aliphatic heterocycles. The number of hydrogen-bond donors (Lipinski definition) is 0. The number of hydrogen-bond acceptors (Lipinski definition) is 10. The summed E-state index contributed by atoms with van der Waals surface area (Å²) in [5, 5.41) is -0.185. The van der Waals surface area contributed by atoms with Crippen LogP contribution in [0.5, 0.6) is 17.2 Å². The van der Waals surface area contributed by atoms with Gasteiger partial charge in [-0.15, -0.1) is 0 Å². The van der Waals surface area contributed by atoms with Crippen LogP contribution in [-0.4, -0.2) is 60.3 Å². The number of nitrogens with zero attached hydrogens (tertiary/aromatic N) is 1. The normalized spacial score (nSPS) is 17.0. The van der Waals surface area contributed by atoms with Gasteiger partial charge in [0.15, 0.2) is 22.1 Å². The minimum absolute atomic E-state index is 0.0388. The van der Waals surface area contributed by atoms with Crippen LogP contribution < -0.4 is 14.2 Å². The molecule has 268 valence electrons. The van der Waals surface area contributed by atoms with Crippen LogP contribution in [0.2, 0.25) is 25.7 Å². The summed E-state index contributed by atoms with van der Waals surface area (Å²) >= 11 is 0. The van der Waals surface area contributed by atoms with Gasteiger partial charge in [0.2, 0.25) is 16.6 Å². The van der Waals surface area contributed by atoms with Gasteiger partial charge in [0, 0.05) is 25.8 Å². The zero-order valence-electron chi connectivity index (χ0n) is 29.9. The Bertz CT molecular complexity index is 2070. The van der Waals surface area contributed by atoms with Gasteiger partial charge in [-0.2, -0.15) is 0 Å². The van der Waals surface area contributed by atoms with Crippen LogP contribution in [0.1, 0.15) is 43.2 Å². The number of aromatic nitrogens is 1. The second-order valence-corrected chi connectivity index (χ2v) is 22.1. The summed E-state index contributed by atoms with van der Waals surface area (Å²) in [5.74, 6) is 0.936. The topological polar surface area (TPSA) is 119 Å². The number of rotatable bonds is 12. The lowest BCUT2D eigenvalue weighted by Crippen LogP contribution is -2.38. The van der Waals surface area contributed by atoms with E-state index in [1.165, 1.54) is 18.2 Å². The Balaban J connectivity index is 1.65. The predicted molar refractivity (Wildman–Crippen MR) is 194 cm³/mol. The summed E-state index contributed by atoms with van der Waals surface area (Å²) in [7, 11) is -3.93. The Labute approximate surface area is 300 Å². The summed E-state index contributed by atoms with van der Waals surface area (Å²) in [6.45, 7) is 12.4. The maximum Gasteiger partial charge on any atom is 0.338 e. The van der Waals surface area contributed by atoms with E-state index >= 15 is 0 Å². The Morgan fingerprint density at radius 1 is 0.922 bits per heavy atom. The van der Waals surface area contributed by atoms with Gasteiger partial charge in [0.25, 0.3) is 0 Å². The van der Waals surface area contributed by atoms with E-state index < -0.39 is 35.1 Å². The fourth-order valence-corrected chi connectivity index (χ4v) is 8.02. The quantitative estimate of drug-likeness (QED) is 0.0633. The molecular formula is C39H43NO9SSi. The van der Waals surface area contributed by atoms with Gasteiger partial charge in [-0.25, -0.2) is 18.2 Å². The number of fused-ring (bicyclic) bond motifs is 2. The van der Waals surface area contributed by atoms with Gasteiger partial charge in [0.05, 0.1) is 23.3 Å². The van der Waals surface area contributed by atoms with Crippen LogP contribution in [0.3, 0.4) is 0 Å². The third kappa shape index (κ3) is 7.32. The van der Waals surface area contributed by atoms with E-state index in [-0.39, 0.29) is 34.8 Å². The molecule has 2 heterocycles. The van der Waals surface area contributed by atoms with Crippen molar-refractivity contribution in [3.8, 4) is 17.2 Å². The molecule has 10 nitrogen and oxygen atoms in total. The average molecular weight is 730 g/mol. The molecule has 0 saturated carbocycles. The molecule has 2 aliphatic rings. The van der Waals surface area contributed by atoms with Crippen molar-refractivity contribution in [2.75, 3.05) is 27.3 Å². The molecule has 6 rings (SSSR count). The Kier molecular flexibility index (Phi) is 9.90. The highest BCUT2D eigenvalue weighted by molar-refractivity contribution is 7.91. The minimum atomic E-state index is -4.06. The molecule has 12 heteroatoms. The number of pyridine rings is 1.